The predicted octanol–water partition coefficient (Wildman–Crippen LogP) is 3.29. The second kappa shape index (κ2) is 4.26. The van der Waals surface area contributed by atoms with Crippen LogP contribution in [0.3, 0.4) is 0 Å². The lowest BCUT2D eigenvalue weighted by Crippen LogP contribution is -2.23. The van der Waals surface area contributed by atoms with Crippen LogP contribution in [-0.2, 0) is 4.79 Å². The van der Waals surface area contributed by atoms with Crippen LogP contribution in [0, 0.1) is 0 Å². The summed E-state index contributed by atoms with van der Waals surface area (Å²) in [5, 5.41) is 0. The van der Waals surface area contributed by atoms with Gasteiger partial charge in [-0.05, 0) is 24.3 Å². The Morgan fingerprint density at radius 1 is 1.21 bits per heavy atom. The van der Waals surface area contributed by atoms with Crippen LogP contribution in [0.15, 0.2) is 30.3 Å². The minimum atomic E-state index is 0.0708. The molecule has 0 radical (unpaired) electrons. The molecule has 0 aliphatic heterocycles. The smallest absolute Gasteiger partial charge is 0.146 e. The third-order valence-corrected chi connectivity index (χ3v) is 3.74. The molecule has 1 aromatic rings. The van der Waals surface area contributed by atoms with Gasteiger partial charge in [-0.2, -0.15) is 0 Å². The van der Waals surface area contributed by atoms with E-state index in [9.17, 15) is 4.79 Å². The third kappa shape index (κ3) is 2.06. The molecular formula is C12H13BrO. The van der Waals surface area contributed by atoms with E-state index in [-0.39, 0.29) is 4.83 Å². The van der Waals surface area contributed by atoms with Gasteiger partial charge in [-0.3, -0.25) is 4.79 Å². The van der Waals surface area contributed by atoms with E-state index in [2.05, 4.69) is 40.2 Å². The fraction of sp³-hybridized carbons (Fsp3) is 0.417. The highest BCUT2D eigenvalue weighted by Gasteiger charge is 2.27. The Labute approximate surface area is 92.6 Å². The molecule has 0 heterocycles. The maximum Gasteiger partial charge on any atom is 0.146 e. The second-order valence-corrected chi connectivity index (χ2v) is 4.92. The molecule has 0 bridgehead atoms. The molecule has 0 amide bonds. The fourth-order valence-corrected chi connectivity index (χ4v) is 2.68. The van der Waals surface area contributed by atoms with E-state index in [4.69, 9.17) is 0 Å². The summed E-state index contributed by atoms with van der Waals surface area (Å²) in [6.45, 7) is 0. The molecule has 74 valence electrons. The van der Waals surface area contributed by atoms with Crippen molar-refractivity contribution in [3.63, 3.8) is 0 Å². The number of alkyl halides is 1. The Bertz CT molecular complexity index is 320. The van der Waals surface area contributed by atoms with Crippen LogP contribution in [-0.4, -0.2) is 10.6 Å². The van der Waals surface area contributed by atoms with E-state index in [1.165, 1.54) is 5.56 Å². The summed E-state index contributed by atoms with van der Waals surface area (Å²) in [6, 6.07) is 10.5. The van der Waals surface area contributed by atoms with Crippen molar-refractivity contribution >= 4 is 21.7 Å². The first-order valence-electron chi connectivity index (χ1n) is 4.99. The van der Waals surface area contributed by atoms with Gasteiger partial charge in [0.05, 0.1) is 4.83 Å². The van der Waals surface area contributed by atoms with Gasteiger partial charge in [-0.25, -0.2) is 0 Å². The standard InChI is InChI=1S/C12H13BrO/c13-11-8-10(6-7-12(11)14)9-4-2-1-3-5-9/h1-5,10-11H,6-8H2. The molecule has 0 spiro atoms. The molecule has 1 fully saturated rings. The predicted molar refractivity (Wildman–Crippen MR) is 60.8 cm³/mol. The topological polar surface area (TPSA) is 17.1 Å². The molecule has 2 heteroatoms. The number of ketones is 1. The highest BCUT2D eigenvalue weighted by molar-refractivity contribution is 9.10. The van der Waals surface area contributed by atoms with Gasteiger partial charge in [0.15, 0.2) is 0 Å². The summed E-state index contributed by atoms with van der Waals surface area (Å²) in [5.41, 5.74) is 1.37. The van der Waals surface area contributed by atoms with E-state index in [1.54, 1.807) is 0 Å². The first-order chi connectivity index (χ1) is 6.77. The van der Waals surface area contributed by atoms with Crippen LogP contribution >= 0.6 is 15.9 Å². The summed E-state index contributed by atoms with van der Waals surface area (Å²) < 4.78 is 0. The average Bonchev–Trinajstić information content (AvgIpc) is 2.23. The molecule has 14 heavy (non-hydrogen) atoms. The molecule has 2 atom stereocenters. The van der Waals surface area contributed by atoms with Crippen molar-refractivity contribution in [2.75, 3.05) is 0 Å². The number of halogens is 1. The molecule has 1 aromatic carbocycles. The van der Waals surface area contributed by atoms with Crippen molar-refractivity contribution in [2.45, 2.75) is 30.0 Å². The molecule has 2 rings (SSSR count). The van der Waals surface area contributed by atoms with E-state index in [0.29, 0.717) is 11.7 Å². The number of Topliss-reactive ketones (excluding diaryl/α,β-unsaturated/α-hetero) is 1. The van der Waals surface area contributed by atoms with Crippen molar-refractivity contribution < 1.29 is 4.79 Å². The molecule has 1 aliphatic carbocycles. The third-order valence-electron chi connectivity index (χ3n) is 2.85. The van der Waals surface area contributed by atoms with Crippen LogP contribution in [0.5, 0.6) is 0 Å². The first-order valence-corrected chi connectivity index (χ1v) is 5.90. The minimum absolute atomic E-state index is 0.0708. The normalized spacial score (nSPS) is 27.6. The summed E-state index contributed by atoms with van der Waals surface area (Å²) >= 11 is 3.44. The molecule has 0 saturated heterocycles. The van der Waals surface area contributed by atoms with Gasteiger partial charge < -0.3 is 0 Å². The van der Waals surface area contributed by atoms with Gasteiger partial charge in [-0.1, -0.05) is 46.3 Å². The zero-order chi connectivity index (χ0) is 9.97. The summed E-state index contributed by atoms with van der Waals surface area (Å²) in [7, 11) is 0. The van der Waals surface area contributed by atoms with Crippen molar-refractivity contribution in [1.29, 1.82) is 0 Å². The SMILES string of the molecule is O=C1CCC(c2ccccc2)CC1Br. The van der Waals surface area contributed by atoms with Crippen LogP contribution in [0.1, 0.15) is 30.7 Å². The minimum Gasteiger partial charge on any atom is -0.298 e. The van der Waals surface area contributed by atoms with E-state index in [0.717, 1.165) is 19.3 Å². The Kier molecular flexibility index (Phi) is 3.02. The number of hydrogen-bond donors (Lipinski definition) is 0. The second-order valence-electron chi connectivity index (χ2n) is 3.82. The molecule has 1 nitrogen and oxygen atoms in total. The highest BCUT2D eigenvalue weighted by atomic mass is 79.9. The number of hydrogen-bond acceptors (Lipinski definition) is 1. The lowest BCUT2D eigenvalue weighted by molar-refractivity contribution is -0.119. The van der Waals surface area contributed by atoms with Gasteiger partial charge in [0.2, 0.25) is 0 Å². The number of carbonyl (C=O) groups excluding carboxylic acids is 1. The lowest BCUT2D eigenvalue weighted by Gasteiger charge is -2.24. The van der Waals surface area contributed by atoms with Crippen LogP contribution in [0.2, 0.25) is 0 Å². The number of rotatable bonds is 1. The van der Waals surface area contributed by atoms with Crippen molar-refractivity contribution in [2.24, 2.45) is 0 Å². The molecule has 1 saturated carbocycles. The monoisotopic (exact) mass is 252 g/mol. The van der Waals surface area contributed by atoms with Gasteiger partial charge in [0.25, 0.3) is 0 Å². The van der Waals surface area contributed by atoms with Crippen LogP contribution in [0.25, 0.3) is 0 Å². The molecule has 1 aliphatic rings. The lowest BCUT2D eigenvalue weighted by atomic mass is 9.83. The van der Waals surface area contributed by atoms with Crippen molar-refractivity contribution in [3.8, 4) is 0 Å². The zero-order valence-electron chi connectivity index (χ0n) is 7.95. The maximum atomic E-state index is 11.3. The quantitative estimate of drug-likeness (QED) is 0.702. The van der Waals surface area contributed by atoms with Gasteiger partial charge in [0.1, 0.15) is 5.78 Å². The Morgan fingerprint density at radius 3 is 2.57 bits per heavy atom. The van der Waals surface area contributed by atoms with Gasteiger partial charge >= 0.3 is 0 Å². The van der Waals surface area contributed by atoms with Crippen LogP contribution < -0.4 is 0 Å². The zero-order valence-corrected chi connectivity index (χ0v) is 9.53. The Hall–Kier alpha value is -0.630. The molecule has 0 aromatic heterocycles. The summed E-state index contributed by atoms with van der Waals surface area (Å²) in [4.78, 5) is 11.4. The maximum absolute atomic E-state index is 11.3. The first kappa shape index (κ1) is 9.91. The molecule has 0 N–H and O–H groups in total. The van der Waals surface area contributed by atoms with E-state index >= 15 is 0 Å². The number of benzene rings is 1. The van der Waals surface area contributed by atoms with E-state index < -0.39 is 0 Å². The van der Waals surface area contributed by atoms with Crippen LogP contribution in [0.4, 0.5) is 0 Å². The van der Waals surface area contributed by atoms with E-state index in [1.807, 2.05) is 6.07 Å². The number of carbonyl (C=O) groups is 1. The molecular weight excluding hydrogens is 240 g/mol. The highest BCUT2D eigenvalue weighted by Crippen LogP contribution is 2.33. The molecule has 2 unspecified atom stereocenters. The van der Waals surface area contributed by atoms with Gasteiger partial charge in [0, 0.05) is 6.42 Å². The Morgan fingerprint density at radius 2 is 1.93 bits per heavy atom. The summed E-state index contributed by atoms with van der Waals surface area (Å²) in [6.07, 6.45) is 2.67. The van der Waals surface area contributed by atoms with Gasteiger partial charge in [-0.15, -0.1) is 0 Å². The Balaban J connectivity index is 2.11. The fourth-order valence-electron chi connectivity index (χ4n) is 2.00. The average molecular weight is 253 g/mol. The summed E-state index contributed by atoms with van der Waals surface area (Å²) in [5.74, 6) is 0.912. The van der Waals surface area contributed by atoms with Crippen molar-refractivity contribution in [1.82, 2.24) is 0 Å². The van der Waals surface area contributed by atoms with Crippen molar-refractivity contribution in [3.05, 3.63) is 35.9 Å². The largest absolute Gasteiger partial charge is 0.298 e.